The molecule has 1 aromatic heterocycles. The van der Waals surface area contributed by atoms with Crippen molar-refractivity contribution in [3.8, 4) is 0 Å². The van der Waals surface area contributed by atoms with Crippen LogP contribution in [0.15, 0.2) is 0 Å². The molecule has 1 fully saturated rings. The molecule has 20 heavy (non-hydrogen) atoms. The normalized spacial score (nSPS) is 23.1. The molecule has 7 heteroatoms. The van der Waals surface area contributed by atoms with Crippen molar-refractivity contribution in [1.82, 2.24) is 15.1 Å². The van der Waals surface area contributed by atoms with Gasteiger partial charge in [0, 0.05) is 31.7 Å². The van der Waals surface area contributed by atoms with Crippen molar-refractivity contribution >= 4 is 11.5 Å². The molecule has 1 aliphatic rings. The zero-order chi connectivity index (χ0) is 14.9. The largest absolute Gasteiger partial charge is 0.346 e. The number of hydrogen-bond donors (Lipinski definition) is 1. The van der Waals surface area contributed by atoms with Gasteiger partial charge in [0.05, 0.1) is 4.92 Å². The van der Waals surface area contributed by atoms with E-state index >= 15 is 0 Å². The lowest BCUT2D eigenvalue weighted by atomic mass is 10.1. The molecule has 0 spiro atoms. The average Bonchev–Trinajstić information content (AvgIpc) is 2.69. The number of nitrogens with one attached hydrogen (secondary N) is 1. The lowest BCUT2D eigenvalue weighted by Gasteiger charge is -2.38. The zero-order valence-corrected chi connectivity index (χ0v) is 12.6. The van der Waals surface area contributed by atoms with Crippen molar-refractivity contribution in [2.75, 3.05) is 18.0 Å². The van der Waals surface area contributed by atoms with Gasteiger partial charge in [-0.2, -0.15) is 5.10 Å². The van der Waals surface area contributed by atoms with Crippen LogP contribution in [0.3, 0.4) is 0 Å². The molecular formula is C13H23N5O2. The van der Waals surface area contributed by atoms with Crippen LogP contribution in [-0.2, 0) is 6.54 Å². The smallest absolute Gasteiger partial charge is 0.333 e. The van der Waals surface area contributed by atoms with Crippen molar-refractivity contribution in [3.05, 3.63) is 15.8 Å². The van der Waals surface area contributed by atoms with Crippen molar-refractivity contribution < 1.29 is 4.92 Å². The Morgan fingerprint density at radius 3 is 2.80 bits per heavy atom. The quantitative estimate of drug-likeness (QED) is 0.671. The summed E-state index contributed by atoms with van der Waals surface area (Å²) in [6, 6.07) is 0.535. The molecule has 112 valence electrons. The number of aryl methyl sites for hydroxylation is 2. The number of aromatic nitrogens is 2. The first-order valence-electron chi connectivity index (χ1n) is 7.17. The minimum Gasteiger partial charge on any atom is -0.346 e. The minimum atomic E-state index is -0.302. The first-order valence-corrected chi connectivity index (χ1v) is 7.17. The summed E-state index contributed by atoms with van der Waals surface area (Å²) in [5.41, 5.74) is 0.649. The maximum Gasteiger partial charge on any atom is 0.333 e. The van der Waals surface area contributed by atoms with Gasteiger partial charge in [0.1, 0.15) is 5.69 Å². The fourth-order valence-electron chi connectivity index (χ4n) is 2.74. The molecule has 1 N–H and O–H groups in total. The Hall–Kier alpha value is -1.63. The van der Waals surface area contributed by atoms with Crippen LogP contribution in [0, 0.1) is 17.0 Å². The third kappa shape index (κ3) is 2.63. The van der Waals surface area contributed by atoms with Gasteiger partial charge in [-0.15, -0.1) is 0 Å². The standard InChI is InChI=1S/C13H23N5O2/c1-5-6-17-13(12(18(19)20)11(4)15-17)16-8-9(2)14-7-10(16)3/h9-10,14H,5-8H2,1-4H3. The second-order valence-corrected chi connectivity index (χ2v) is 5.55. The van der Waals surface area contributed by atoms with E-state index in [4.69, 9.17) is 0 Å². The van der Waals surface area contributed by atoms with Crippen LogP contribution in [0.4, 0.5) is 11.5 Å². The van der Waals surface area contributed by atoms with Crippen molar-refractivity contribution in [2.24, 2.45) is 0 Å². The van der Waals surface area contributed by atoms with E-state index in [-0.39, 0.29) is 16.7 Å². The van der Waals surface area contributed by atoms with Gasteiger partial charge < -0.3 is 10.2 Å². The number of anilines is 1. The van der Waals surface area contributed by atoms with E-state index < -0.39 is 0 Å². The maximum absolute atomic E-state index is 11.4. The highest BCUT2D eigenvalue weighted by Crippen LogP contribution is 2.33. The van der Waals surface area contributed by atoms with Gasteiger partial charge in [-0.3, -0.25) is 10.1 Å². The predicted molar refractivity (Wildman–Crippen MR) is 78.2 cm³/mol. The number of hydrogen-bond acceptors (Lipinski definition) is 5. The molecule has 0 radical (unpaired) electrons. The summed E-state index contributed by atoms with van der Waals surface area (Å²) in [7, 11) is 0. The number of nitro groups is 1. The van der Waals surface area contributed by atoms with Gasteiger partial charge in [-0.25, -0.2) is 4.68 Å². The van der Waals surface area contributed by atoms with Gasteiger partial charge in [0.25, 0.3) is 0 Å². The Balaban J connectivity index is 2.48. The van der Waals surface area contributed by atoms with E-state index in [1.807, 2.05) is 0 Å². The Labute approximate surface area is 119 Å². The molecule has 1 aromatic rings. The van der Waals surface area contributed by atoms with E-state index in [2.05, 4.69) is 36.1 Å². The first-order chi connectivity index (χ1) is 9.45. The van der Waals surface area contributed by atoms with Crippen LogP contribution in [0.5, 0.6) is 0 Å². The van der Waals surface area contributed by atoms with Gasteiger partial charge >= 0.3 is 5.69 Å². The number of piperazine rings is 1. The van der Waals surface area contributed by atoms with Crippen LogP contribution in [0.25, 0.3) is 0 Å². The van der Waals surface area contributed by atoms with Crippen LogP contribution in [0.1, 0.15) is 32.9 Å². The summed E-state index contributed by atoms with van der Waals surface area (Å²) in [4.78, 5) is 13.2. The summed E-state index contributed by atoms with van der Waals surface area (Å²) in [5, 5.41) is 19.2. The molecule has 0 saturated carbocycles. The molecule has 0 aliphatic carbocycles. The second kappa shape index (κ2) is 5.78. The monoisotopic (exact) mass is 281 g/mol. The van der Waals surface area contributed by atoms with Gasteiger partial charge in [-0.1, -0.05) is 6.92 Å². The lowest BCUT2D eigenvalue weighted by molar-refractivity contribution is -0.384. The Morgan fingerprint density at radius 2 is 2.20 bits per heavy atom. The molecule has 1 aliphatic heterocycles. The molecule has 2 heterocycles. The van der Waals surface area contributed by atoms with Crippen LogP contribution >= 0.6 is 0 Å². The van der Waals surface area contributed by atoms with Crippen molar-refractivity contribution in [1.29, 1.82) is 0 Å². The summed E-state index contributed by atoms with van der Waals surface area (Å²) >= 11 is 0. The third-order valence-electron chi connectivity index (χ3n) is 3.72. The van der Waals surface area contributed by atoms with Gasteiger partial charge in [0.15, 0.2) is 0 Å². The Morgan fingerprint density at radius 1 is 1.50 bits per heavy atom. The third-order valence-corrected chi connectivity index (χ3v) is 3.72. The van der Waals surface area contributed by atoms with E-state index in [9.17, 15) is 10.1 Å². The predicted octanol–water partition coefficient (Wildman–Crippen LogP) is 1.70. The summed E-state index contributed by atoms with van der Waals surface area (Å²) in [5.74, 6) is 0.662. The number of rotatable bonds is 4. The summed E-state index contributed by atoms with van der Waals surface area (Å²) in [6.07, 6.45) is 0.904. The number of nitrogens with zero attached hydrogens (tertiary/aromatic N) is 4. The Bertz CT molecular complexity index is 499. The van der Waals surface area contributed by atoms with E-state index in [0.29, 0.717) is 24.1 Å². The fourth-order valence-corrected chi connectivity index (χ4v) is 2.74. The highest BCUT2D eigenvalue weighted by atomic mass is 16.6. The molecule has 2 unspecified atom stereocenters. The topological polar surface area (TPSA) is 76.2 Å². The fraction of sp³-hybridized carbons (Fsp3) is 0.769. The summed E-state index contributed by atoms with van der Waals surface area (Å²) in [6.45, 7) is 10.2. The van der Waals surface area contributed by atoms with Crippen molar-refractivity contribution in [2.45, 2.75) is 52.7 Å². The first kappa shape index (κ1) is 14.8. The van der Waals surface area contributed by atoms with E-state index in [1.165, 1.54) is 0 Å². The second-order valence-electron chi connectivity index (χ2n) is 5.55. The molecule has 1 saturated heterocycles. The molecule has 2 rings (SSSR count). The van der Waals surface area contributed by atoms with Crippen LogP contribution in [-0.4, -0.2) is 39.9 Å². The highest BCUT2D eigenvalue weighted by molar-refractivity contribution is 5.62. The molecule has 7 nitrogen and oxygen atoms in total. The van der Waals surface area contributed by atoms with Gasteiger partial charge in [-0.05, 0) is 27.2 Å². The highest BCUT2D eigenvalue weighted by Gasteiger charge is 2.34. The zero-order valence-electron chi connectivity index (χ0n) is 12.6. The molecule has 0 aromatic carbocycles. The SMILES string of the molecule is CCCn1nc(C)c([N+](=O)[O-])c1N1CC(C)NCC1C. The maximum atomic E-state index is 11.4. The van der Waals surface area contributed by atoms with Gasteiger partial charge in [0.2, 0.25) is 5.82 Å². The minimum absolute atomic E-state index is 0.152. The van der Waals surface area contributed by atoms with E-state index in [1.54, 1.807) is 11.6 Å². The average molecular weight is 281 g/mol. The molecular weight excluding hydrogens is 258 g/mol. The van der Waals surface area contributed by atoms with Crippen molar-refractivity contribution in [3.63, 3.8) is 0 Å². The lowest BCUT2D eigenvalue weighted by Crippen LogP contribution is -2.55. The van der Waals surface area contributed by atoms with E-state index in [0.717, 1.165) is 19.5 Å². The summed E-state index contributed by atoms with van der Waals surface area (Å²) < 4.78 is 1.79. The molecule has 2 atom stereocenters. The van der Waals surface area contributed by atoms with Crippen LogP contribution < -0.4 is 10.2 Å². The molecule has 0 amide bonds. The Kier molecular flexibility index (Phi) is 4.27. The van der Waals surface area contributed by atoms with Crippen LogP contribution in [0.2, 0.25) is 0 Å². The molecule has 0 bridgehead atoms.